The van der Waals surface area contributed by atoms with Gasteiger partial charge < -0.3 is 16.2 Å². The van der Waals surface area contributed by atoms with Gasteiger partial charge in [-0.15, -0.1) is 0 Å². The quantitative estimate of drug-likeness (QED) is 0.702. The second kappa shape index (κ2) is 5.81. The van der Waals surface area contributed by atoms with E-state index in [2.05, 4.69) is 5.32 Å². The molecule has 1 saturated carbocycles. The summed E-state index contributed by atoms with van der Waals surface area (Å²) in [4.78, 5) is 39.3. The van der Waals surface area contributed by atoms with Crippen LogP contribution >= 0.6 is 0 Å². The summed E-state index contributed by atoms with van der Waals surface area (Å²) in [5.74, 6) is -1.07. The fraction of sp³-hybridized carbons (Fsp3) is 0.526. The van der Waals surface area contributed by atoms with E-state index in [1.807, 2.05) is 6.92 Å². The first-order chi connectivity index (χ1) is 12.4. The van der Waals surface area contributed by atoms with Crippen molar-refractivity contribution in [3.8, 4) is 0 Å². The van der Waals surface area contributed by atoms with Crippen LogP contribution in [-0.4, -0.2) is 33.9 Å². The van der Waals surface area contributed by atoms with Gasteiger partial charge in [0.05, 0.1) is 6.10 Å². The summed E-state index contributed by atoms with van der Waals surface area (Å²) < 4.78 is 0. The monoisotopic (exact) mass is 357 g/mol. The Hall–Kier alpha value is -2.41. The highest BCUT2D eigenvalue weighted by Crippen LogP contribution is 2.47. The fourth-order valence-corrected chi connectivity index (χ4v) is 4.70. The van der Waals surface area contributed by atoms with Crippen molar-refractivity contribution in [2.24, 2.45) is 17.6 Å². The Balaban J connectivity index is 1.73. The Morgan fingerprint density at radius 1 is 1.35 bits per heavy atom. The van der Waals surface area contributed by atoms with Gasteiger partial charge in [-0.25, -0.2) is 9.69 Å². The molecule has 1 saturated heterocycles. The molecule has 4 N–H and O–H groups in total. The largest absolute Gasteiger partial charge is 0.388 e. The standard InChI is InChI=1S/C19H23N3O4/c1-10(11-5-4-6-11)15(16(20)24)22-17(25)19(21-18(22)26)9-14(23)12-7-2-3-8-13(12)19/h2-3,7-8,10-11,14-15,23H,4-6,9H2,1H3,(H2,20,24)(H,21,26)/t10-,14+,15?,19?/m0/s1. The predicted molar refractivity (Wildman–Crippen MR) is 92.6 cm³/mol. The first-order valence-electron chi connectivity index (χ1n) is 9.09. The Bertz CT molecular complexity index is 791. The number of fused-ring (bicyclic) bond motifs is 2. The number of urea groups is 1. The Morgan fingerprint density at radius 3 is 2.65 bits per heavy atom. The average molecular weight is 357 g/mol. The number of rotatable bonds is 4. The molecule has 1 spiro atoms. The fourth-order valence-electron chi connectivity index (χ4n) is 4.70. The third kappa shape index (κ3) is 2.19. The molecule has 1 aromatic carbocycles. The van der Waals surface area contributed by atoms with Crippen molar-refractivity contribution in [3.63, 3.8) is 0 Å². The minimum Gasteiger partial charge on any atom is -0.388 e. The number of aliphatic hydroxyl groups excluding tert-OH is 1. The number of nitrogens with one attached hydrogen (secondary N) is 1. The SMILES string of the molecule is C[C@@H](C1CCC1)C(C(N)=O)N1C(=O)NC2(C[C@@H](O)c3ccccc32)C1=O. The second-order valence-electron chi connectivity index (χ2n) is 7.72. The molecule has 2 unspecified atom stereocenters. The van der Waals surface area contributed by atoms with Crippen LogP contribution in [-0.2, 0) is 15.1 Å². The molecule has 2 fully saturated rings. The van der Waals surface area contributed by atoms with Crippen molar-refractivity contribution in [2.75, 3.05) is 0 Å². The van der Waals surface area contributed by atoms with Gasteiger partial charge in [0.15, 0.2) is 0 Å². The number of nitrogens with zero attached hydrogens (tertiary/aromatic N) is 1. The van der Waals surface area contributed by atoms with Gasteiger partial charge in [-0.2, -0.15) is 0 Å². The molecule has 1 heterocycles. The number of primary amides is 1. The zero-order valence-corrected chi connectivity index (χ0v) is 14.6. The van der Waals surface area contributed by atoms with Crippen LogP contribution in [0.25, 0.3) is 0 Å². The summed E-state index contributed by atoms with van der Waals surface area (Å²) in [5.41, 5.74) is 5.51. The van der Waals surface area contributed by atoms with Crippen LogP contribution in [0.1, 0.15) is 49.8 Å². The van der Waals surface area contributed by atoms with E-state index < -0.39 is 35.5 Å². The molecule has 7 heteroatoms. The van der Waals surface area contributed by atoms with Gasteiger partial charge in [0.25, 0.3) is 5.91 Å². The minimum absolute atomic E-state index is 0.0662. The van der Waals surface area contributed by atoms with Crippen LogP contribution in [0.3, 0.4) is 0 Å². The Morgan fingerprint density at radius 2 is 2.04 bits per heavy atom. The molecule has 0 bridgehead atoms. The molecule has 138 valence electrons. The van der Waals surface area contributed by atoms with Crippen molar-refractivity contribution in [1.29, 1.82) is 0 Å². The summed E-state index contributed by atoms with van der Waals surface area (Å²) in [7, 11) is 0. The van der Waals surface area contributed by atoms with Crippen LogP contribution in [0.5, 0.6) is 0 Å². The number of carbonyl (C=O) groups excluding carboxylic acids is 3. The lowest BCUT2D eigenvalue weighted by Crippen LogP contribution is -2.54. The maximum absolute atomic E-state index is 13.4. The highest BCUT2D eigenvalue weighted by molar-refractivity contribution is 6.10. The molecular formula is C19H23N3O4. The van der Waals surface area contributed by atoms with Crippen molar-refractivity contribution >= 4 is 17.8 Å². The van der Waals surface area contributed by atoms with Crippen LogP contribution < -0.4 is 11.1 Å². The molecule has 1 aromatic rings. The number of amides is 4. The number of hydrogen-bond acceptors (Lipinski definition) is 4. The van der Waals surface area contributed by atoms with Crippen molar-refractivity contribution in [2.45, 2.75) is 50.3 Å². The van der Waals surface area contributed by atoms with Gasteiger partial charge in [0.1, 0.15) is 11.6 Å². The first kappa shape index (κ1) is 17.0. The first-order valence-corrected chi connectivity index (χ1v) is 9.09. The molecule has 26 heavy (non-hydrogen) atoms. The number of nitrogens with two attached hydrogens (primary N) is 1. The number of carbonyl (C=O) groups is 3. The van der Waals surface area contributed by atoms with Crippen LogP contribution in [0, 0.1) is 11.8 Å². The molecule has 7 nitrogen and oxygen atoms in total. The lowest BCUT2D eigenvalue weighted by atomic mass is 9.73. The number of aliphatic hydroxyl groups is 1. The minimum atomic E-state index is -1.32. The molecule has 3 aliphatic rings. The van der Waals surface area contributed by atoms with Gasteiger partial charge in [0, 0.05) is 6.42 Å². The number of hydrogen-bond donors (Lipinski definition) is 3. The summed E-state index contributed by atoms with van der Waals surface area (Å²) >= 11 is 0. The van der Waals surface area contributed by atoms with E-state index >= 15 is 0 Å². The maximum atomic E-state index is 13.4. The van der Waals surface area contributed by atoms with Crippen LogP contribution in [0.4, 0.5) is 4.79 Å². The lowest BCUT2D eigenvalue weighted by molar-refractivity contribution is -0.140. The topological polar surface area (TPSA) is 113 Å². The number of benzene rings is 1. The smallest absolute Gasteiger partial charge is 0.326 e. The summed E-state index contributed by atoms with van der Waals surface area (Å²) in [6, 6.07) is 5.45. The highest BCUT2D eigenvalue weighted by atomic mass is 16.3. The normalized spacial score (nSPS) is 30.1. The Labute approximate surface area is 151 Å². The van der Waals surface area contributed by atoms with Gasteiger partial charge >= 0.3 is 6.03 Å². The van der Waals surface area contributed by atoms with Crippen molar-refractivity contribution in [3.05, 3.63) is 35.4 Å². The number of imide groups is 1. The zero-order chi connectivity index (χ0) is 18.6. The average Bonchev–Trinajstić information content (AvgIpc) is 2.95. The van der Waals surface area contributed by atoms with Gasteiger partial charge in [-0.05, 0) is 23.0 Å². The lowest BCUT2D eigenvalue weighted by Gasteiger charge is -2.38. The van der Waals surface area contributed by atoms with Gasteiger partial charge in [0.2, 0.25) is 5.91 Å². The molecule has 4 atom stereocenters. The molecular weight excluding hydrogens is 334 g/mol. The summed E-state index contributed by atoms with van der Waals surface area (Å²) in [6.07, 6.45) is 2.26. The van der Waals surface area contributed by atoms with Crippen LogP contribution in [0.2, 0.25) is 0 Å². The van der Waals surface area contributed by atoms with E-state index in [0.717, 1.165) is 24.2 Å². The van der Waals surface area contributed by atoms with Gasteiger partial charge in [-0.1, -0.05) is 50.5 Å². The molecule has 1 aliphatic heterocycles. The predicted octanol–water partition coefficient (Wildman–Crippen LogP) is 1.16. The maximum Gasteiger partial charge on any atom is 0.326 e. The highest BCUT2D eigenvalue weighted by Gasteiger charge is 2.60. The van der Waals surface area contributed by atoms with E-state index in [0.29, 0.717) is 11.1 Å². The van der Waals surface area contributed by atoms with Crippen LogP contribution in [0.15, 0.2) is 24.3 Å². The molecule has 0 aromatic heterocycles. The second-order valence-corrected chi connectivity index (χ2v) is 7.72. The van der Waals surface area contributed by atoms with Crippen molar-refractivity contribution in [1.82, 2.24) is 10.2 Å². The molecule has 4 amide bonds. The Kier molecular flexibility index (Phi) is 3.80. The van der Waals surface area contributed by atoms with E-state index in [9.17, 15) is 19.5 Å². The molecule has 0 radical (unpaired) electrons. The van der Waals surface area contributed by atoms with E-state index in [4.69, 9.17) is 5.73 Å². The van der Waals surface area contributed by atoms with Crippen molar-refractivity contribution < 1.29 is 19.5 Å². The van der Waals surface area contributed by atoms with E-state index in [1.54, 1.807) is 24.3 Å². The molecule has 2 aliphatic carbocycles. The summed E-state index contributed by atoms with van der Waals surface area (Å²) in [6.45, 7) is 1.88. The molecule has 4 rings (SSSR count). The zero-order valence-electron chi connectivity index (χ0n) is 14.6. The third-order valence-corrected chi connectivity index (χ3v) is 6.36. The van der Waals surface area contributed by atoms with E-state index in [1.165, 1.54) is 0 Å². The van der Waals surface area contributed by atoms with E-state index in [-0.39, 0.29) is 18.3 Å². The van der Waals surface area contributed by atoms with Gasteiger partial charge in [-0.3, -0.25) is 9.59 Å². The summed E-state index contributed by atoms with van der Waals surface area (Å²) in [5, 5.41) is 13.1. The third-order valence-electron chi connectivity index (χ3n) is 6.36.